The molecule has 0 bridgehead atoms. The second-order valence-electron chi connectivity index (χ2n) is 4.95. The lowest BCUT2D eigenvalue weighted by molar-refractivity contribution is 0.300. The Balaban J connectivity index is 2.15. The summed E-state index contributed by atoms with van der Waals surface area (Å²) in [6, 6.07) is 16.4. The Morgan fingerprint density at radius 1 is 0.947 bits per heavy atom. The third kappa shape index (κ3) is 3.36. The van der Waals surface area contributed by atoms with E-state index in [-0.39, 0.29) is 0 Å². The van der Waals surface area contributed by atoms with Crippen molar-refractivity contribution in [2.24, 2.45) is 5.73 Å². The Morgan fingerprint density at radius 2 is 1.58 bits per heavy atom. The van der Waals surface area contributed by atoms with Gasteiger partial charge in [-0.25, -0.2) is 0 Å². The maximum atomic E-state index is 5.97. The van der Waals surface area contributed by atoms with Crippen LogP contribution in [0.4, 0.5) is 0 Å². The molecule has 2 nitrogen and oxygen atoms in total. The molecule has 0 saturated heterocycles. The smallest absolute Gasteiger partial charge is 0.123 e. The lowest BCUT2D eigenvalue weighted by Gasteiger charge is -2.15. The third-order valence-corrected chi connectivity index (χ3v) is 3.26. The van der Waals surface area contributed by atoms with E-state index in [1.807, 2.05) is 30.3 Å². The minimum absolute atomic E-state index is 0.459. The zero-order valence-corrected chi connectivity index (χ0v) is 11.6. The summed E-state index contributed by atoms with van der Waals surface area (Å²) < 4.78 is 5.97. The zero-order chi connectivity index (χ0) is 13.7. The molecule has 2 heteroatoms. The van der Waals surface area contributed by atoms with Crippen molar-refractivity contribution < 1.29 is 4.74 Å². The van der Waals surface area contributed by atoms with Crippen molar-refractivity contribution in [3.63, 3.8) is 0 Å². The molecule has 0 fully saturated rings. The molecule has 0 spiro atoms. The van der Waals surface area contributed by atoms with Crippen molar-refractivity contribution >= 4 is 0 Å². The van der Waals surface area contributed by atoms with E-state index in [2.05, 4.69) is 32.0 Å². The first kappa shape index (κ1) is 13.6. The van der Waals surface area contributed by atoms with Gasteiger partial charge in [-0.15, -0.1) is 0 Å². The fourth-order valence-corrected chi connectivity index (χ4v) is 2.14. The van der Waals surface area contributed by atoms with Gasteiger partial charge in [0.15, 0.2) is 0 Å². The molecule has 2 aromatic carbocycles. The Kier molecular flexibility index (Phi) is 4.58. The summed E-state index contributed by atoms with van der Waals surface area (Å²) in [6.07, 6.45) is 0. The molecule has 0 unspecified atom stereocenters. The first-order chi connectivity index (χ1) is 9.22. The van der Waals surface area contributed by atoms with Crippen LogP contribution in [0.3, 0.4) is 0 Å². The normalized spacial score (nSPS) is 10.7. The van der Waals surface area contributed by atoms with Gasteiger partial charge in [-0.05, 0) is 28.7 Å². The minimum Gasteiger partial charge on any atom is -0.489 e. The van der Waals surface area contributed by atoms with Gasteiger partial charge in [-0.1, -0.05) is 56.3 Å². The third-order valence-electron chi connectivity index (χ3n) is 3.26. The minimum atomic E-state index is 0.459. The summed E-state index contributed by atoms with van der Waals surface area (Å²) in [4.78, 5) is 0. The molecule has 2 rings (SSSR count). The Hall–Kier alpha value is -1.80. The van der Waals surface area contributed by atoms with Crippen molar-refractivity contribution in [1.82, 2.24) is 0 Å². The first-order valence-electron chi connectivity index (χ1n) is 6.71. The molecule has 0 radical (unpaired) electrons. The topological polar surface area (TPSA) is 35.2 Å². The molecule has 0 saturated carbocycles. The van der Waals surface area contributed by atoms with Gasteiger partial charge in [0.05, 0.1) is 0 Å². The predicted molar refractivity (Wildman–Crippen MR) is 79.2 cm³/mol. The highest BCUT2D eigenvalue weighted by atomic mass is 16.5. The molecule has 0 amide bonds. The van der Waals surface area contributed by atoms with Gasteiger partial charge in [0.25, 0.3) is 0 Å². The Labute approximate surface area is 115 Å². The average molecular weight is 255 g/mol. The maximum absolute atomic E-state index is 5.97. The lowest BCUT2D eigenvalue weighted by atomic mass is 10.0. The molecule has 0 aliphatic rings. The number of benzene rings is 2. The Morgan fingerprint density at radius 3 is 2.26 bits per heavy atom. The number of para-hydroxylation sites is 1. The van der Waals surface area contributed by atoms with Crippen LogP contribution in [-0.2, 0) is 13.2 Å². The van der Waals surface area contributed by atoms with E-state index in [0.29, 0.717) is 19.1 Å². The highest BCUT2D eigenvalue weighted by Gasteiger charge is 2.07. The van der Waals surface area contributed by atoms with Gasteiger partial charge in [-0.3, -0.25) is 0 Å². The molecule has 0 atom stereocenters. The summed E-state index contributed by atoms with van der Waals surface area (Å²) >= 11 is 0. The van der Waals surface area contributed by atoms with Crippen LogP contribution in [-0.4, -0.2) is 0 Å². The second kappa shape index (κ2) is 6.39. The van der Waals surface area contributed by atoms with E-state index in [0.717, 1.165) is 16.9 Å². The van der Waals surface area contributed by atoms with Crippen molar-refractivity contribution in [3.8, 4) is 5.75 Å². The molecule has 19 heavy (non-hydrogen) atoms. The molecule has 2 N–H and O–H groups in total. The van der Waals surface area contributed by atoms with E-state index in [9.17, 15) is 0 Å². The van der Waals surface area contributed by atoms with Crippen LogP contribution in [0.5, 0.6) is 5.75 Å². The van der Waals surface area contributed by atoms with Crippen LogP contribution in [0, 0.1) is 0 Å². The summed E-state index contributed by atoms with van der Waals surface area (Å²) in [5.74, 6) is 1.42. The number of ether oxygens (including phenoxy) is 1. The first-order valence-corrected chi connectivity index (χ1v) is 6.71. The van der Waals surface area contributed by atoms with Crippen LogP contribution in [0.25, 0.3) is 0 Å². The lowest BCUT2D eigenvalue weighted by Crippen LogP contribution is -2.05. The van der Waals surface area contributed by atoms with Gasteiger partial charge < -0.3 is 10.5 Å². The SMILES string of the molecule is CC(C)c1ccccc1OCc1ccccc1CN. The highest BCUT2D eigenvalue weighted by Crippen LogP contribution is 2.26. The fraction of sp³-hybridized carbons (Fsp3) is 0.294. The molecular weight excluding hydrogens is 234 g/mol. The number of hydrogen-bond donors (Lipinski definition) is 1. The maximum Gasteiger partial charge on any atom is 0.123 e. The molecule has 0 aliphatic heterocycles. The Bertz CT molecular complexity index is 534. The van der Waals surface area contributed by atoms with E-state index < -0.39 is 0 Å². The standard InChI is InChI=1S/C17H21NO/c1-13(2)16-9-5-6-10-17(16)19-12-15-8-4-3-7-14(15)11-18/h3-10,13H,11-12,18H2,1-2H3. The second-order valence-corrected chi connectivity index (χ2v) is 4.95. The van der Waals surface area contributed by atoms with E-state index in [1.54, 1.807) is 0 Å². The van der Waals surface area contributed by atoms with Crippen LogP contribution in [0.1, 0.15) is 36.5 Å². The van der Waals surface area contributed by atoms with E-state index >= 15 is 0 Å². The summed E-state index contributed by atoms with van der Waals surface area (Å²) in [7, 11) is 0. The number of hydrogen-bond acceptors (Lipinski definition) is 2. The number of rotatable bonds is 5. The van der Waals surface area contributed by atoms with Gasteiger partial charge in [-0.2, -0.15) is 0 Å². The highest BCUT2D eigenvalue weighted by molar-refractivity contribution is 5.36. The summed E-state index contributed by atoms with van der Waals surface area (Å²) in [6.45, 7) is 5.47. The molecule has 100 valence electrons. The largest absolute Gasteiger partial charge is 0.489 e. The molecular formula is C17H21NO. The van der Waals surface area contributed by atoms with Gasteiger partial charge in [0.2, 0.25) is 0 Å². The van der Waals surface area contributed by atoms with Crippen molar-refractivity contribution in [1.29, 1.82) is 0 Å². The van der Waals surface area contributed by atoms with Gasteiger partial charge in [0, 0.05) is 6.54 Å². The zero-order valence-electron chi connectivity index (χ0n) is 11.6. The predicted octanol–water partition coefficient (Wildman–Crippen LogP) is 3.85. The van der Waals surface area contributed by atoms with Crippen LogP contribution in [0.15, 0.2) is 48.5 Å². The fourth-order valence-electron chi connectivity index (χ4n) is 2.14. The average Bonchev–Trinajstić information content (AvgIpc) is 2.45. The van der Waals surface area contributed by atoms with Crippen molar-refractivity contribution in [2.45, 2.75) is 32.9 Å². The van der Waals surface area contributed by atoms with Crippen LogP contribution < -0.4 is 10.5 Å². The molecule has 0 aliphatic carbocycles. The quantitative estimate of drug-likeness (QED) is 0.880. The van der Waals surface area contributed by atoms with Crippen molar-refractivity contribution in [2.75, 3.05) is 0 Å². The van der Waals surface area contributed by atoms with Crippen LogP contribution >= 0.6 is 0 Å². The monoisotopic (exact) mass is 255 g/mol. The summed E-state index contributed by atoms with van der Waals surface area (Å²) in [5, 5.41) is 0. The molecule has 0 aromatic heterocycles. The van der Waals surface area contributed by atoms with E-state index in [1.165, 1.54) is 5.56 Å². The van der Waals surface area contributed by atoms with Crippen molar-refractivity contribution in [3.05, 3.63) is 65.2 Å². The van der Waals surface area contributed by atoms with E-state index in [4.69, 9.17) is 10.5 Å². The summed E-state index contributed by atoms with van der Waals surface area (Å²) in [5.41, 5.74) is 9.28. The van der Waals surface area contributed by atoms with Crippen LogP contribution in [0.2, 0.25) is 0 Å². The molecule has 0 heterocycles. The number of nitrogens with two attached hydrogens (primary N) is 1. The van der Waals surface area contributed by atoms with Gasteiger partial charge >= 0.3 is 0 Å². The molecule has 2 aromatic rings. The van der Waals surface area contributed by atoms with Gasteiger partial charge in [0.1, 0.15) is 12.4 Å².